The lowest BCUT2D eigenvalue weighted by Crippen LogP contribution is -2.62. The Balaban J connectivity index is 2.03. The zero-order chi connectivity index (χ0) is 23.1. The van der Waals surface area contributed by atoms with Crippen LogP contribution in [0.15, 0.2) is 34.9 Å². The summed E-state index contributed by atoms with van der Waals surface area (Å²) in [5.74, 6) is -0.858. The number of allylic oxidation sites excluding steroid dienone is 3. The first kappa shape index (κ1) is 23.7. The highest BCUT2D eigenvalue weighted by Crippen LogP contribution is 2.62. The lowest BCUT2D eigenvalue weighted by atomic mass is 9.47. The number of hydrogen-bond acceptors (Lipinski definition) is 6. The van der Waals surface area contributed by atoms with E-state index in [1.807, 2.05) is 0 Å². The van der Waals surface area contributed by atoms with Crippen LogP contribution in [0.1, 0.15) is 61.3 Å². The van der Waals surface area contributed by atoms with Crippen molar-refractivity contribution in [2.24, 2.45) is 22.7 Å². The average molecular weight is 433 g/mol. The van der Waals surface area contributed by atoms with Gasteiger partial charge in [-0.2, -0.15) is 0 Å². The lowest BCUT2D eigenvalue weighted by molar-refractivity contribution is -0.220. The van der Waals surface area contributed by atoms with Crippen molar-refractivity contribution >= 4 is 11.9 Å². The summed E-state index contributed by atoms with van der Waals surface area (Å²) in [6, 6.07) is 0. The minimum atomic E-state index is -0.882. The smallest absolute Gasteiger partial charge is 0.333 e. The Morgan fingerprint density at radius 2 is 1.68 bits per heavy atom. The molecule has 1 saturated heterocycles. The molecule has 0 aromatic rings. The lowest BCUT2D eigenvalue weighted by Gasteiger charge is -2.59. The Bertz CT molecular complexity index is 835. The summed E-state index contributed by atoms with van der Waals surface area (Å²) in [5, 5.41) is 10.6. The van der Waals surface area contributed by atoms with E-state index >= 15 is 0 Å². The van der Waals surface area contributed by atoms with Crippen LogP contribution < -0.4 is 0 Å². The molecule has 0 spiro atoms. The van der Waals surface area contributed by atoms with Gasteiger partial charge < -0.3 is 19.3 Å². The first-order valence-electron chi connectivity index (χ1n) is 11.1. The molecular weight excluding hydrogens is 396 g/mol. The zero-order valence-electron chi connectivity index (χ0n) is 19.7. The van der Waals surface area contributed by atoms with Crippen molar-refractivity contribution in [2.45, 2.75) is 79.8 Å². The van der Waals surface area contributed by atoms with Gasteiger partial charge in [0.05, 0.1) is 6.61 Å². The second kappa shape index (κ2) is 8.55. The maximum atomic E-state index is 12.7. The summed E-state index contributed by atoms with van der Waals surface area (Å²) < 4.78 is 17.5. The molecule has 1 N–H and O–H groups in total. The number of aliphatic hydroxyl groups excluding tert-OH is 1. The zero-order valence-corrected chi connectivity index (χ0v) is 19.7. The van der Waals surface area contributed by atoms with E-state index in [2.05, 4.69) is 26.8 Å². The molecule has 6 heteroatoms. The summed E-state index contributed by atoms with van der Waals surface area (Å²) in [7, 11) is 0. The fourth-order valence-electron chi connectivity index (χ4n) is 5.89. The van der Waals surface area contributed by atoms with Crippen LogP contribution >= 0.6 is 0 Å². The second-order valence-electron chi connectivity index (χ2n) is 9.99. The second-order valence-corrected chi connectivity index (χ2v) is 9.99. The minimum Gasteiger partial charge on any atom is -0.455 e. The van der Waals surface area contributed by atoms with Crippen molar-refractivity contribution < 1.29 is 28.9 Å². The Kier molecular flexibility index (Phi) is 6.55. The van der Waals surface area contributed by atoms with Gasteiger partial charge in [0, 0.05) is 22.5 Å². The van der Waals surface area contributed by atoms with Gasteiger partial charge in [0.1, 0.15) is 12.2 Å². The summed E-state index contributed by atoms with van der Waals surface area (Å²) >= 11 is 0. The molecular formula is C25H36O6. The largest absolute Gasteiger partial charge is 0.455 e. The molecule has 3 aliphatic rings. The number of ether oxygens (including phenoxy) is 3. The van der Waals surface area contributed by atoms with Gasteiger partial charge in [-0.1, -0.05) is 39.0 Å². The molecule has 172 valence electrons. The summed E-state index contributed by atoms with van der Waals surface area (Å²) in [4.78, 5) is 25.4. The number of carbonyl (C=O) groups excluding carboxylic acids is 2. The highest BCUT2D eigenvalue weighted by molar-refractivity contribution is 5.88. The van der Waals surface area contributed by atoms with Crippen molar-refractivity contribution in [3.63, 3.8) is 0 Å². The average Bonchev–Trinajstić information content (AvgIpc) is 3.11. The molecule has 0 bridgehead atoms. The molecule has 0 aromatic heterocycles. The number of aliphatic hydroxyl groups is 1. The molecule has 0 radical (unpaired) electrons. The standard InChI is InChI=1S/C25H36O6/c1-8-14(3)21(26)30-17-12-25(7)18(11-10-16-13-29-23(28)19(16)25)24(5,6)20(17)31-22(27)15(4)9-2/h8-10,17-20,23,28H,11-13H2,1-7H3. The molecule has 6 unspecified atom stereocenters. The summed E-state index contributed by atoms with van der Waals surface area (Å²) in [6.07, 6.45) is 4.77. The molecule has 6 atom stereocenters. The SMILES string of the molecule is CC=C(C)C(=O)OC1CC2(C)C3C(=CCC2C(C)(C)C1OC(=O)C(C)=CC)COC3O. The molecule has 1 saturated carbocycles. The monoisotopic (exact) mass is 432 g/mol. The number of esters is 2. The predicted octanol–water partition coefficient (Wildman–Crippen LogP) is 4.09. The first-order valence-corrected chi connectivity index (χ1v) is 11.1. The molecule has 31 heavy (non-hydrogen) atoms. The van der Waals surface area contributed by atoms with E-state index in [9.17, 15) is 14.7 Å². The van der Waals surface area contributed by atoms with Gasteiger partial charge in [0.25, 0.3) is 0 Å². The number of fused-ring (bicyclic) bond motifs is 3. The van der Waals surface area contributed by atoms with Crippen LogP contribution in [0, 0.1) is 22.7 Å². The van der Waals surface area contributed by atoms with Gasteiger partial charge in [-0.15, -0.1) is 0 Å². The van der Waals surface area contributed by atoms with E-state index < -0.39 is 35.9 Å². The highest BCUT2D eigenvalue weighted by atomic mass is 16.6. The highest BCUT2D eigenvalue weighted by Gasteiger charge is 2.63. The Morgan fingerprint density at radius 3 is 2.26 bits per heavy atom. The van der Waals surface area contributed by atoms with Gasteiger partial charge in [0.2, 0.25) is 0 Å². The number of hydrogen-bond donors (Lipinski definition) is 1. The minimum absolute atomic E-state index is 0.117. The van der Waals surface area contributed by atoms with E-state index in [0.717, 1.165) is 12.0 Å². The molecule has 0 amide bonds. The van der Waals surface area contributed by atoms with Gasteiger partial charge in [-0.05, 0) is 57.4 Å². The maximum Gasteiger partial charge on any atom is 0.333 e. The van der Waals surface area contributed by atoms with E-state index in [4.69, 9.17) is 14.2 Å². The third-order valence-corrected chi connectivity index (χ3v) is 7.84. The molecule has 0 aromatic carbocycles. The van der Waals surface area contributed by atoms with Crippen molar-refractivity contribution in [3.05, 3.63) is 34.9 Å². The number of carbonyl (C=O) groups is 2. The third-order valence-electron chi connectivity index (χ3n) is 7.84. The van der Waals surface area contributed by atoms with Crippen molar-refractivity contribution in [3.8, 4) is 0 Å². The van der Waals surface area contributed by atoms with E-state index in [0.29, 0.717) is 24.2 Å². The van der Waals surface area contributed by atoms with Crippen LogP contribution in [0.3, 0.4) is 0 Å². The Morgan fingerprint density at radius 1 is 1.10 bits per heavy atom. The van der Waals surface area contributed by atoms with E-state index in [1.165, 1.54) is 0 Å². The molecule has 1 heterocycles. The predicted molar refractivity (Wildman–Crippen MR) is 117 cm³/mol. The van der Waals surface area contributed by atoms with Crippen molar-refractivity contribution in [1.82, 2.24) is 0 Å². The van der Waals surface area contributed by atoms with Crippen LogP contribution in [-0.2, 0) is 23.8 Å². The fraction of sp³-hybridized carbons (Fsp3) is 0.680. The van der Waals surface area contributed by atoms with Crippen molar-refractivity contribution in [2.75, 3.05) is 6.61 Å². The Labute approximate surface area is 185 Å². The van der Waals surface area contributed by atoms with Gasteiger partial charge >= 0.3 is 11.9 Å². The summed E-state index contributed by atoms with van der Waals surface area (Å²) in [6.45, 7) is 13.7. The van der Waals surface area contributed by atoms with Crippen LogP contribution in [0.5, 0.6) is 0 Å². The third kappa shape index (κ3) is 4.00. The molecule has 6 nitrogen and oxygen atoms in total. The van der Waals surface area contributed by atoms with Crippen LogP contribution in [-0.4, -0.2) is 42.1 Å². The van der Waals surface area contributed by atoms with Gasteiger partial charge in [-0.25, -0.2) is 9.59 Å². The van der Waals surface area contributed by atoms with Crippen LogP contribution in [0.25, 0.3) is 0 Å². The Hall–Kier alpha value is -1.92. The maximum absolute atomic E-state index is 12.7. The van der Waals surface area contributed by atoms with Crippen molar-refractivity contribution in [1.29, 1.82) is 0 Å². The van der Waals surface area contributed by atoms with Crippen LogP contribution in [0.4, 0.5) is 0 Å². The topological polar surface area (TPSA) is 82.1 Å². The quantitative estimate of drug-likeness (QED) is 0.409. The number of rotatable bonds is 4. The van der Waals surface area contributed by atoms with E-state index in [-0.39, 0.29) is 17.3 Å². The molecule has 1 aliphatic heterocycles. The molecule has 3 rings (SSSR count). The van der Waals surface area contributed by atoms with Crippen LogP contribution in [0.2, 0.25) is 0 Å². The molecule has 2 fully saturated rings. The summed E-state index contributed by atoms with van der Waals surface area (Å²) in [5.41, 5.74) is 1.28. The first-order chi connectivity index (χ1) is 14.5. The van der Waals surface area contributed by atoms with E-state index in [1.54, 1.807) is 39.8 Å². The molecule has 2 aliphatic carbocycles. The van der Waals surface area contributed by atoms with Gasteiger partial charge in [-0.3, -0.25) is 0 Å². The fourth-order valence-corrected chi connectivity index (χ4v) is 5.89. The van der Waals surface area contributed by atoms with Gasteiger partial charge in [0.15, 0.2) is 6.29 Å². The normalized spacial score (nSPS) is 37.4.